The van der Waals surface area contributed by atoms with Crippen molar-refractivity contribution in [2.24, 2.45) is 0 Å². The Bertz CT molecular complexity index is 797. The van der Waals surface area contributed by atoms with Gasteiger partial charge in [0.1, 0.15) is 18.1 Å². The molecule has 0 radical (unpaired) electrons. The van der Waals surface area contributed by atoms with Crippen LogP contribution in [0, 0.1) is 10.5 Å². The van der Waals surface area contributed by atoms with E-state index in [0.717, 1.165) is 28.8 Å². The standard InChI is InChI=1S/C21H26ClIN2O3/c1-4-25(5-2)10-11-27-20-9-7-17(13-18(20)22)24-21(26)14-28-19-8-6-16(23)12-15(19)3/h6-9,12-13H,4-5,10-11,14H2,1-3H3,(H,24,26). The minimum absolute atomic E-state index is 0.0683. The summed E-state index contributed by atoms with van der Waals surface area (Å²) in [6.45, 7) is 9.52. The van der Waals surface area contributed by atoms with Crippen molar-refractivity contribution >= 4 is 45.8 Å². The van der Waals surface area contributed by atoms with E-state index < -0.39 is 0 Å². The number of aryl methyl sites for hydroxylation is 1. The fraction of sp³-hybridized carbons (Fsp3) is 0.381. The number of likely N-dealkylation sites (N-methyl/N-ethyl adjacent to an activating group) is 1. The van der Waals surface area contributed by atoms with Gasteiger partial charge >= 0.3 is 0 Å². The molecule has 7 heteroatoms. The number of carbonyl (C=O) groups is 1. The van der Waals surface area contributed by atoms with Gasteiger partial charge in [0.2, 0.25) is 0 Å². The number of anilines is 1. The van der Waals surface area contributed by atoms with Crippen LogP contribution in [0.1, 0.15) is 19.4 Å². The summed E-state index contributed by atoms with van der Waals surface area (Å²) in [7, 11) is 0. The van der Waals surface area contributed by atoms with Gasteiger partial charge in [0, 0.05) is 15.8 Å². The first kappa shape index (κ1) is 22.8. The third kappa shape index (κ3) is 7.14. The average molecular weight is 517 g/mol. The van der Waals surface area contributed by atoms with Crippen LogP contribution in [0.15, 0.2) is 36.4 Å². The van der Waals surface area contributed by atoms with Crippen molar-refractivity contribution in [3.63, 3.8) is 0 Å². The lowest BCUT2D eigenvalue weighted by molar-refractivity contribution is -0.118. The van der Waals surface area contributed by atoms with Gasteiger partial charge in [0.15, 0.2) is 6.61 Å². The molecule has 0 aromatic heterocycles. The van der Waals surface area contributed by atoms with Crippen molar-refractivity contribution in [1.29, 1.82) is 0 Å². The lowest BCUT2D eigenvalue weighted by atomic mass is 10.2. The lowest BCUT2D eigenvalue weighted by Gasteiger charge is -2.18. The number of benzene rings is 2. The number of nitrogens with one attached hydrogen (secondary N) is 1. The number of nitrogens with zero attached hydrogens (tertiary/aromatic N) is 1. The van der Waals surface area contributed by atoms with E-state index in [0.29, 0.717) is 28.8 Å². The van der Waals surface area contributed by atoms with E-state index in [2.05, 4.69) is 46.7 Å². The Kier molecular flexibility index (Phi) is 9.34. The third-order valence-corrected chi connectivity index (χ3v) is 5.24. The molecule has 0 aliphatic rings. The van der Waals surface area contributed by atoms with Crippen LogP contribution in [0.5, 0.6) is 11.5 Å². The summed E-state index contributed by atoms with van der Waals surface area (Å²) in [5.74, 6) is 1.06. The molecule has 0 saturated heterocycles. The van der Waals surface area contributed by atoms with Crippen LogP contribution in [0.2, 0.25) is 5.02 Å². The molecule has 0 aliphatic heterocycles. The molecule has 152 valence electrons. The van der Waals surface area contributed by atoms with Gasteiger partial charge in [0.05, 0.1) is 5.02 Å². The molecule has 5 nitrogen and oxygen atoms in total. The van der Waals surface area contributed by atoms with Crippen molar-refractivity contribution in [2.75, 3.05) is 38.2 Å². The maximum Gasteiger partial charge on any atom is 0.262 e. The normalized spacial score (nSPS) is 10.8. The van der Waals surface area contributed by atoms with Crippen LogP contribution in [-0.2, 0) is 4.79 Å². The number of hydrogen-bond donors (Lipinski definition) is 1. The summed E-state index contributed by atoms with van der Waals surface area (Å²) in [5.41, 5.74) is 1.60. The van der Waals surface area contributed by atoms with E-state index in [9.17, 15) is 4.79 Å². The van der Waals surface area contributed by atoms with E-state index in [1.54, 1.807) is 18.2 Å². The molecular weight excluding hydrogens is 491 g/mol. The zero-order valence-electron chi connectivity index (χ0n) is 16.4. The summed E-state index contributed by atoms with van der Waals surface area (Å²) < 4.78 is 12.5. The van der Waals surface area contributed by atoms with Gasteiger partial charge in [-0.3, -0.25) is 4.79 Å². The molecule has 0 bridgehead atoms. The van der Waals surface area contributed by atoms with E-state index in [1.807, 2.05) is 25.1 Å². The second kappa shape index (κ2) is 11.5. The molecule has 2 aromatic carbocycles. The van der Waals surface area contributed by atoms with Crippen LogP contribution >= 0.6 is 34.2 Å². The van der Waals surface area contributed by atoms with Crippen molar-refractivity contribution in [2.45, 2.75) is 20.8 Å². The zero-order valence-corrected chi connectivity index (χ0v) is 19.3. The summed E-state index contributed by atoms with van der Waals surface area (Å²) in [6, 6.07) is 11.0. The monoisotopic (exact) mass is 516 g/mol. The van der Waals surface area contributed by atoms with Crippen LogP contribution in [0.3, 0.4) is 0 Å². The maximum absolute atomic E-state index is 12.2. The predicted molar refractivity (Wildman–Crippen MR) is 123 cm³/mol. The van der Waals surface area contributed by atoms with Gasteiger partial charge in [-0.25, -0.2) is 0 Å². The van der Waals surface area contributed by atoms with E-state index in [-0.39, 0.29) is 12.5 Å². The molecule has 0 heterocycles. The Morgan fingerprint density at radius 3 is 2.46 bits per heavy atom. The number of ether oxygens (including phenoxy) is 2. The Morgan fingerprint density at radius 1 is 1.11 bits per heavy atom. The number of amides is 1. The SMILES string of the molecule is CCN(CC)CCOc1ccc(NC(=O)COc2ccc(I)cc2C)cc1Cl. The van der Waals surface area contributed by atoms with E-state index in [4.69, 9.17) is 21.1 Å². The second-order valence-electron chi connectivity index (χ2n) is 6.27. The Morgan fingerprint density at radius 2 is 1.82 bits per heavy atom. The van der Waals surface area contributed by atoms with Crippen LogP contribution in [0.25, 0.3) is 0 Å². The fourth-order valence-corrected chi connectivity index (χ4v) is 3.52. The first-order chi connectivity index (χ1) is 13.4. The van der Waals surface area contributed by atoms with Crippen molar-refractivity contribution < 1.29 is 14.3 Å². The minimum Gasteiger partial charge on any atom is -0.491 e. The summed E-state index contributed by atoms with van der Waals surface area (Å²) >= 11 is 8.52. The van der Waals surface area contributed by atoms with Gasteiger partial charge < -0.3 is 19.7 Å². The summed E-state index contributed by atoms with van der Waals surface area (Å²) in [5, 5.41) is 3.25. The zero-order chi connectivity index (χ0) is 20.5. The Labute approximate surface area is 185 Å². The van der Waals surface area contributed by atoms with Gasteiger partial charge in [-0.15, -0.1) is 0 Å². The molecule has 0 saturated carbocycles. The lowest BCUT2D eigenvalue weighted by Crippen LogP contribution is -2.27. The molecule has 2 aromatic rings. The Balaban J connectivity index is 1.85. The molecule has 0 unspecified atom stereocenters. The predicted octanol–water partition coefficient (Wildman–Crippen LogP) is 4.99. The number of carbonyl (C=O) groups excluding carboxylic acids is 1. The number of halogens is 2. The highest BCUT2D eigenvalue weighted by molar-refractivity contribution is 14.1. The van der Waals surface area contributed by atoms with E-state index >= 15 is 0 Å². The number of hydrogen-bond acceptors (Lipinski definition) is 4. The van der Waals surface area contributed by atoms with Crippen molar-refractivity contribution in [3.8, 4) is 11.5 Å². The molecule has 0 spiro atoms. The van der Waals surface area contributed by atoms with E-state index in [1.165, 1.54) is 0 Å². The first-order valence-electron chi connectivity index (χ1n) is 9.26. The van der Waals surface area contributed by atoms with Crippen LogP contribution < -0.4 is 14.8 Å². The molecule has 0 aliphatic carbocycles. The number of rotatable bonds is 10. The topological polar surface area (TPSA) is 50.8 Å². The largest absolute Gasteiger partial charge is 0.491 e. The quantitative estimate of drug-likeness (QED) is 0.452. The second-order valence-corrected chi connectivity index (χ2v) is 7.92. The van der Waals surface area contributed by atoms with Crippen molar-refractivity contribution in [3.05, 3.63) is 50.6 Å². The summed E-state index contributed by atoms with van der Waals surface area (Å²) in [6.07, 6.45) is 0. The average Bonchev–Trinajstić information content (AvgIpc) is 2.66. The fourth-order valence-electron chi connectivity index (χ4n) is 2.64. The molecule has 28 heavy (non-hydrogen) atoms. The van der Waals surface area contributed by atoms with Crippen molar-refractivity contribution in [1.82, 2.24) is 4.90 Å². The molecule has 0 atom stereocenters. The van der Waals surface area contributed by atoms with Crippen LogP contribution in [0.4, 0.5) is 5.69 Å². The molecule has 2 rings (SSSR count). The molecule has 0 fully saturated rings. The highest BCUT2D eigenvalue weighted by Gasteiger charge is 2.09. The van der Waals surface area contributed by atoms with Gasteiger partial charge in [-0.1, -0.05) is 25.4 Å². The first-order valence-corrected chi connectivity index (χ1v) is 10.7. The highest BCUT2D eigenvalue weighted by Crippen LogP contribution is 2.27. The smallest absolute Gasteiger partial charge is 0.262 e. The summed E-state index contributed by atoms with van der Waals surface area (Å²) in [4.78, 5) is 14.4. The molecule has 1 N–H and O–H groups in total. The maximum atomic E-state index is 12.2. The Hall–Kier alpha value is -1.51. The van der Waals surface area contributed by atoms with Crippen LogP contribution in [-0.4, -0.2) is 43.7 Å². The highest BCUT2D eigenvalue weighted by atomic mass is 127. The van der Waals surface area contributed by atoms with Gasteiger partial charge in [-0.05, 0) is 84.6 Å². The van der Waals surface area contributed by atoms with Gasteiger partial charge in [-0.2, -0.15) is 0 Å². The minimum atomic E-state index is -0.246. The van der Waals surface area contributed by atoms with Gasteiger partial charge in [0.25, 0.3) is 5.91 Å². The molecular formula is C21H26ClIN2O3. The molecule has 1 amide bonds. The third-order valence-electron chi connectivity index (χ3n) is 4.27.